The van der Waals surface area contributed by atoms with Gasteiger partial charge in [0, 0.05) is 5.39 Å². The van der Waals surface area contributed by atoms with Crippen molar-refractivity contribution in [1.82, 2.24) is 4.98 Å². The van der Waals surface area contributed by atoms with E-state index in [4.69, 9.17) is 16.3 Å². The number of non-ortho nitro benzene ring substituents is 1. The molecule has 9 heteroatoms. The van der Waals surface area contributed by atoms with Gasteiger partial charge in [0.25, 0.3) is 5.69 Å². The number of alkyl halides is 3. The second-order valence-electron chi connectivity index (χ2n) is 4.21. The van der Waals surface area contributed by atoms with Crippen molar-refractivity contribution in [2.75, 3.05) is 7.11 Å². The van der Waals surface area contributed by atoms with Gasteiger partial charge in [0.15, 0.2) is 5.52 Å². The van der Waals surface area contributed by atoms with E-state index in [0.29, 0.717) is 0 Å². The van der Waals surface area contributed by atoms with Crippen LogP contribution in [-0.2, 0) is 6.18 Å². The zero-order chi connectivity index (χ0) is 15.9. The first kappa shape index (κ1) is 15.3. The summed E-state index contributed by atoms with van der Waals surface area (Å²) in [5, 5.41) is 11.1. The number of methoxy groups -OCH3 is 1. The van der Waals surface area contributed by atoms with Crippen LogP contribution in [0.15, 0.2) is 12.1 Å². The highest BCUT2D eigenvalue weighted by molar-refractivity contribution is 6.37. The van der Waals surface area contributed by atoms with Gasteiger partial charge in [-0.15, -0.1) is 0 Å². The lowest BCUT2D eigenvalue weighted by Gasteiger charge is -2.12. The van der Waals surface area contributed by atoms with Gasteiger partial charge in [-0.1, -0.05) is 11.6 Å². The molecule has 2 aromatic rings. The number of nitrogens with zero attached hydrogens (tertiary/aromatic N) is 2. The van der Waals surface area contributed by atoms with Gasteiger partial charge in [-0.25, -0.2) is 4.98 Å². The Morgan fingerprint density at radius 1 is 1.38 bits per heavy atom. The second kappa shape index (κ2) is 5.03. The monoisotopic (exact) mass is 320 g/mol. The van der Waals surface area contributed by atoms with Crippen LogP contribution in [0.4, 0.5) is 18.9 Å². The Hall–Kier alpha value is -2.09. The topological polar surface area (TPSA) is 65.3 Å². The Kier molecular flexibility index (Phi) is 3.66. The molecule has 1 aromatic carbocycles. The molecule has 0 bridgehead atoms. The number of rotatable bonds is 2. The predicted molar refractivity (Wildman–Crippen MR) is 69.7 cm³/mol. The maximum absolute atomic E-state index is 12.8. The first-order valence-corrected chi connectivity index (χ1v) is 5.94. The van der Waals surface area contributed by atoms with E-state index in [0.717, 1.165) is 12.1 Å². The number of aryl methyl sites for hydroxylation is 1. The summed E-state index contributed by atoms with van der Waals surface area (Å²) in [4.78, 5) is 13.6. The highest BCUT2D eigenvalue weighted by Crippen LogP contribution is 2.41. The SMILES string of the molecule is COc1cc([N+](=O)[O-])c2nc(C(F)(F)F)cc(C)c2c1Cl. The summed E-state index contributed by atoms with van der Waals surface area (Å²) < 4.78 is 43.3. The van der Waals surface area contributed by atoms with E-state index < -0.39 is 28.0 Å². The van der Waals surface area contributed by atoms with Crippen molar-refractivity contribution >= 4 is 28.2 Å². The second-order valence-corrected chi connectivity index (χ2v) is 4.59. The van der Waals surface area contributed by atoms with E-state index in [1.165, 1.54) is 14.0 Å². The van der Waals surface area contributed by atoms with E-state index >= 15 is 0 Å². The molecule has 1 heterocycles. The summed E-state index contributed by atoms with van der Waals surface area (Å²) in [5.41, 5.74) is -2.10. The van der Waals surface area contributed by atoms with Gasteiger partial charge in [0.2, 0.25) is 0 Å². The molecule has 5 nitrogen and oxygen atoms in total. The number of nitro benzene ring substituents is 1. The lowest BCUT2D eigenvalue weighted by atomic mass is 10.1. The molecule has 0 saturated carbocycles. The standard InChI is InChI=1S/C12H8ClF3N2O3/c1-5-3-8(12(14,15)16)17-11-6(18(19)20)4-7(21-2)10(13)9(5)11/h3-4H,1-2H3. The van der Waals surface area contributed by atoms with E-state index in [1.807, 2.05) is 0 Å². The molecule has 0 radical (unpaired) electrons. The Morgan fingerprint density at radius 2 is 2.00 bits per heavy atom. The summed E-state index contributed by atoms with van der Waals surface area (Å²) in [5.74, 6) is 0.000486. The van der Waals surface area contributed by atoms with E-state index in [2.05, 4.69) is 4.98 Å². The zero-order valence-electron chi connectivity index (χ0n) is 10.8. The van der Waals surface area contributed by atoms with E-state index in [1.54, 1.807) is 0 Å². The number of nitro groups is 1. The average Bonchev–Trinajstić information content (AvgIpc) is 2.37. The van der Waals surface area contributed by atoms with Gasteiger partial charge < -0.3 is 4.74 Å². The number of benzene rings is 1. The van der Waals surface area contributed by atoms with Crippen molar-refractivity contribution in [3.05, 3.63) is 38.5 Å². The molecule has 0 fully saturated rings. The molecule has 112 valence electrons. The van der Waals surface area contributed by atoms with Crippen LogP contribution in [-0.4, -0.2) is 17.0 Å². The molecule has 0 aliphatic heterocycles. The number of pyridine rings is 1. The normalized spacial score (nSPS) is 11.7. The first-order chi connectivity index (χ1) is 9.66. The summed E-state index contributed by atoms with van der Waals surface area (Å²) in [6.07, 6.45) is -4.71. The van der Waals surface area contributed by atoms with E-state index in [9.17, 15) is 23.3 Å². The molecule has 0 aliphatic rings. The third-order valence-electron chi connectivity index (χ3n) is 2.87. The molecule has 0 saturated heterocycles. The number of hydrogen-bond donors (Lipinski definition) is 0. The summed E-state index contributed by atoms with van der Waals surface area (Å²) >= 11 is 6.02. The molecule has 2 rings (SSSR count). The number of aromatic nitrogens is 1. The molecule has 0 N–H and O–H groups in total. The minimum Gasteiger partial charge on any atom is -0.495 e. The Morgan fingerprint density at radius 3 is 2.48 bits per heavy atom. The molecule has 0 aliphatic carbocycles. The average molecular weight is 321 g/mol. The molecule has 21 heavy (non-hydrogen) atoms. The van der Waals surface area contributed by atoms with Gasteiger partial charge >= 0.3 is 6.18 Å². The van der Waals surface area contributed by atoms with Crippen LogP contribution < -0.4 is 4.74 Å². The van der Waals surface area contributed by atoms with Crippen molar-refractivity contribution in [3.8, 4) is 5.75 Å². The lowest BCUT2D eigenvalue weighted by Crippen LogP contribution is -2.09. The van der Waals surface area contributed by atoms with Gasteiger partial charge in [0.1, 0.15) is 11.4 Å². The van der Waals surface area contributed by atoms with Crippen LogP contribution in [0.3, 0.4) is 0 Å². The van der Waals surface area contributed by atoms with Crippen LogP contribution in [0.2, 0.25) is 5.02 Å². The molecule has 0 spiro atoms. The van der Waals surface area contributed by atoms with Crippen molar-refractivity contribution < 1.29 is 22.8 Å². The molecule has 0 atom stereocenters. The minimum atomic E-state index is -4.71. The Balaban J connectivity index is 2.97. The quantitative estimate of drug-likeness (QED) is 0.616. The maximum atomic E-state index is 12.8. The first-order valence-electron chi connectivity index (χ1n) is 5.56. The van der Waals surface area contributed by atoms with Crippen LogP contribution >= 0.6 is 11.6 Å². The van der Waals surface area contributed by atoms with Gasteiger partial charge in [-0.3, -0.25) is 10.1 Å². The molecule has 0 unspecified atom stereocenters. The third kappa shape index (κ3) is 2.58. The predicted octanol–water partition coefficient (Wildman–Crippen LogP) is 4.13. The fraction of sp³-hybridized carbons (Fsp3) is 0.250. The van der Waals surface area contributed by atoms with Crippen molar-refractivity contribution in [2.24, 2.45) is 0 Å². The number of fused-ring (bicyclic) bond motifs is 1. The number of halogens is 4. The summed E-state index contributed by atoms with van der Waals surface area (Å²) in [7, 11) is 1.25. The van der Waals surface area contributed by atoms with Crippen LogP contribution in [0.25, 0.3) is 10.9 Å². The Labute approximate surface area is 121 Å². The molecular weight excluding hydrogens is 313 g/mol. The zero-order valence-corrected chi connectivity index (χ0v) is 11.5. The van der Waals surface area contributed by atoms with Crippen LogP contribution in [0.1, 0.15) is 11.3 Å². The summed E-state index contributed by atoms with van der Waals surface area (Å²) in [6, 6.07) is 1.74. The van der Waals surface area contributed by atoms with Crippen molar-refractivity contribution in [1.29, 1.82) is 0 Å². The van der Waals surface area contributed by atoms with Crippen molar-refractivity contribution in [2.45, 2.75) is 13.1 Å². The molecular formula is C12H8ClF3N2O3. The number of hydrogen-bond acceptors (Lipinski definition) is 4. The maximum Gasteiger partial charge on any atom is 0.433 e. The van der Waals surface area contributed by atoms with Crippen LogP contribution in [0, 0.1) is 17.0 Å². The smallest absolute Gasteiger partial charge is 0.433 e. The van der Waals surface area contributed by atoms with Gasteiger partial charge in [-0.05, 0) is 18.6 Å². The Bertz CT molecular complexity index is 747. The van der Waals surface area contributed by atoms with Gasteiger partial charge in [-0.2, -0.15) is 13.2 Å². The lowest BCUT2D eigenvalue weighted by molar-refractivity contribution is -0.383. The fourth-order valence-electron chi connectivity index (χ4n) is 1.95. The summed E-state index contributed by atoms with van der Waals surface area (Å²) in [6.45, 7) is 1.37. The minimum absolute atomic E-state index is 0.000486. The largest absolute Gasteiger partial charge is 0.495 e. The molecule has 1 aromatic heterocycles. The highest BCUT2D eigenvalue weighted by atomic mass is 35.5. The molecule has 0 amide bonds. The van der Waals surface area contributed by atoms with Crippen LogP contribution in [0.5, 0.6) is 5.75 Å². The highest BCUT2D eigenvalue weighted by Gasteiger charge is 2.34. The fourth-order valence-corrected chi connectivity index (χ4v) is 2.32. The third-order valence-corrected chi connectivity index (χ3v) is 3.25. The van der Waals surface area contributed by atoms with Crippen molar-refractivity contribution in [3.63, 3.8) is 0 Å². The van der Waals surface area contributed by atoms with E-state index in [-0.39, 0.29) is 21.7 Å². The van der Waals surface area contributed by atoms with Gasteiger partial charge in [0.05, 0.1) is 23.1 Å². The number of ether oxygens (including phenoxy) is 1.